The first-order valence-corrected chi connectivity index (χ1v) is 6.01. The second-order valence-corrected chi connectivity index (χ2v) is 5.27. The van der Waals surface area contributed by atoms with E-state index in [1.54, 1.807) is 0 Å². The molecular formula is C9H9ClO3S. The predicted molar refractivity (Wildman–Crippen MR) is 54.2 cm³/mol. The molecule has 0 atom stereocenters. The number of sulfone groups is 1. The zero-order chi connectivity index (χ0) is 10.6. The zero-order valence-corrected chi connectivity index (χ0v) is 8.88. The van der Waals surface area contributed by atoms with Crippen LogP contribution in [0.15, 0.2) is 29.2 Å². The molecule has 1 aromatic carbocycles. The van der Waals surface area contributed by atoms with Crippen LogP contribution in [0.5, 0.6) is 0 Å². The van der Waals surface area contributed by atoms with Crippen LogP contribution in [0, 0.1) is 0 Å². The molecule has 0 saturated heterocycles. The van der Waals surface area contributed by atoms with E-state index in [0.29, 0.717) is 11.3 Å². The molecule has 0 aliphatic rings. The molecule has 0 radical (unpaired) electrons. The molecule has 0 aromatic heterocycles. The molecule has 76 valence electrons. The lowest BCUT2D eigenvalue weighted by Gasteiger charge is -2.01. The SMILES string of the molecule is O=CCCS(=O)(=O)c1ccc(Cl)cc1. The van der Waals surface area contributed by atoms with Crippen LogP contribution in [-0.2, 0) is 14.6 Å². The number of benzene rings is 1. The second-order valence-electron chi connectivity index (χ2n) is 2.73. The van der Waals surface area contributed by atoms with Gasteiger partial charge in [0.15, 0.2) is 9.84 Å². The first-order chi connectivity index (χ1) is 6.56. The van der Waals surface area contributed by atoms with Crippen molar-refractivity contribution in [1.29, 1.82) is 0 Å². The fourth-order valence-corrected chi connectivity index (χ4v) is 2.28. The van der Waals surface area contributed by atoms with Gasteiger partial charge in [-0.25, -0.2) is 8.42 Å². The van der Waals surface area contributed by atoms with Crippen LogP contribution in [0.4, 0.5) is 0 Å². The molecule has 0 heterocycles. The van der Waals surface area contributed by atoms with Crippen molar-refractivity contribution < 1.29 is 13.2 Å². The zero-order valence-electron chi connectivity index (χ0n) is 7.31. The average molecular weight is 233 g/mol. The third-order valence-electron chi connectivity index (χ3n) is 1.68. The average Bonchev–Trinajstić information content (AvgIpc) is 2.16. The minimum atomic E-state index is -3.33. The number of aldehydes is 1. The molecule has 0 bridgehead atoms. The number of hydrogen-bond donors (Lipinski definition) is 0. The topological polar surface area (TPSA) is 51.2 Å². The Bertz CT molecular complexity index is 408. The lowest BCUT2D eigenvalue weighted by atomic mass is 10.4. The minimum absolute atomic E-state index is 0.0188. The summed E-state index contributed by atoms with van der Waals surface area (Å²) in [5.74, 6) is -0.155. The monoisotopic (exact) mass is 232 g/mol. The van der Waals surface area contributed by atoms with Crippen LogP contribution in [0.3, 0.4) is 0 Å². The highest BCUT2D eigenvalue weighted by Crippen LogP contribution is 2.15. The summed E-state index contributed by atoms with van der Waals surface area (Å²) < 4.78 is 23.0. The normalized spacial score (nSPS) is 11.2. The number of carbonyl (C=O) groups is 1. The van der Waals surface area contributed by atoms with Crippen LogP contribution in [0.1, 0.15) is 6.42 Å². The molecule has 0 N–H and O–H groups in total. The maximum Gasteiger partial charge on any atom is 0.178 e. The van der Waals surface area contributed by atoms with E-state index < -0.39 is 9.84 Å². The van der Waals surface area contributed by atoms with Gasteiger partial charge in [0.1, 0.15) is 6.29 Å². The Kier molecular flexibility index (Phi) is 3.66. The molecule has 0 spiro atoms. The van der Waals surface area contributed by atoms with Gasteiger partial charge in [0, 0.05) is 11.4 Å². The van der Waals surface area contributed by atoms with Gasteiger partial charge in [-0.15, -0.1) is 0 Å². The molecule has 0 aliphatic carbocycles. The molecule has 0 amide bonds. The summed E-state index contributed by atoms with van der Waals surface area (Å²) in [7, 11) is -3.33. The first kappa shape index (κ1) is 11.2. The highest BCUT2D eigenvalue weighted by molar-refractivity contribution is 7.91. The summed E-state index contributed by atoms with van der Waals surface area (Å²) in [6, 6.07) is 5.88. The van der Waals surface area contributed by atoms with Crippen LogP contribution < -0.4 is 0 Å². The molecule has 1 aromatic rings. The van der Waals surface area contributed by atoms with E-state index in [4.69, 9.17) is 11.6 Å². The Balaban J connectivity index is 2.93. The Hall–Kier alpha value is -0.870. The summed E-state index contributed by atoms with van der Waals surface area (Å²) >= 11 is 5.62. The van der Waals surface area contributed by atoms with E-state index in [0.717, 1.165) is 0 Å². The van der Waals surface area contributed by atoms with Crippen LogP contribution >= 0.6 is 11.6 Å². The van der Waals surface area contributed by atoms with Crippen molar-refractivity contribution in [1.82, 2.24) is 0 Å². The van der Waals surface area contributed by atoms with E-state index in [9.17, 15) is 13.2 Å². The fourth-order valence-electron chi connectivity index (χ4n) is 0.963. The van der Waals surface area contributed by atoms with Crippen molar-refractivity contribution in [3.8, 4) is 0 Å². The highest BCUT2D eigenvalue weighted by Gasteiger charge is 2.12. The van der Waals surface area contributed by atoms with Gasteiger partial charge >= 0.3 is 0 Å². The Morgan fingerprint density at radius 1 is 1.21 bits per heavy atom. The van der Waals surface area contributed by atoms with Gasteiger partial charge in [-0.05, 0) is 24.3 Å². The summed E-state index contributed by atoms with van der Waals surface area (Å²) in [5, 5.41) is 0.485. The van der Waals surface area contributed by atoms with Gasteiger partial charge < -0.3 is 4.79 Å². The van der Waals surface area contributed by atoms with Crippen molar-refractivity contribution >= 4 is 27.7 Å². The third-order valence-corrected chi connectivity index (χ3v) is 3.69. The molecular weight excluding hydrogens is 224 g/mol. The van der Waals surface area contributed by atoms with Crippen molar-refractivity contribution in [3.05, 3.63) is 29.3 Å². The summed E-state index contributed by atoms with van der Waals surface area (Å²) in [5.41, 5.74) is 0. The molecule has 14 heavy (non-hydrogen) atoms. The summed E-state index contributed by atoms with van der Waals surface area (Å²) in [4.78, 5) is 10.2. The van der Waals surface area contributed by atoms with E-state index in [1.165, 1.54) is 24.3 Å². The molecule has 0 aliphatic heterocycles. The van der Waals surface area contributed by atoms with Crippen LogP contribution in [-0.4, -0.2) is 20.5 Å². The van der Waals surface area contributed by atoms with Crippen molar-refractivity contribution in [2.75, 3.05) is 5.75 Å². The van der Waals surface area contributed by atoms with E-state index in [-0.39, 0.29) is 17.1 Å². The number of halogens is 1. The predicted octanol–water partition coefficient (Wildman–Crippen LogP) is 1.70. The molecule has 3 nitrogen and oxygen atoms in total. The van der Waals surface area contributed by atoms with Gasteiger partial charge in [0.2, 0.25) is 0 Å². The largest absolute Gasteiger partial charge is 0.303 e. The molecule has 0 unspecified atom stereocenters. The molecule has 0 fully saturated rings. The summed E-state index contributed by atoms with van der Waals surface area (Å²) in [6.45, 7) is 0. The van der Waals surface area contributed by atoms with Crippen LogP contribution in [0.2, 0.25) is 5.02 Å². The fraction of sp³-hybridized carbons (Fsp3) is 0.222. The molecule has 5 heteroatoms. The van der Waals surface area contributed by atoms with Gasteiger partial charge in [0.05, 0.1) is 10.6 Å². The van der Waals surface area contributed by atoms with E-state index in [1.807, 2.05) is 0 Å². The number of carbonyl (C=O) groups excluding carboxylic acids is 1. The standard InChI is InChI=1S/C9H9ClO3S/c10-8-2-4-9(5-3-8)14(12,13)7-1-6-11/h2-6H,1,7H2. The van der Waals surface area contributed by atoms with Gasteiger partial charge in [-0.1, -0.05) is 11.6 Å². The van der Waals surface area contributed by atoms with Crippen LogP contribution in [0.25, 0.3) is 0 Å². The molecule has 1 rings (SSSR count). The third kappa shape index (κ3) is 2.82. The molecule has 0 saturated carbocycles. The minimum Gasteiger partial charge on any atom is -0.303 e. The van der Waals surface area contributed by atoms with Crippen molar-refractivity contribution in [2.45, 2.75) is 11.3 Å². The maximum atomic E-state index is 11.5. The van der Waals surface area contributed by atoms with Gasteiger partial charge in [-0.3, -0.25) is 0 Å². The smallest absolute Gasteiger partial charge is 0.178 e. The first-order valence-electron chi connectivity index (χ1n) is 3.98. The van der Waals surface area contributed by atoms with E-state index in [2.05, 4.69) is 0 Å². The lowest BCUT2D eigenvalue weighted by molar-refractivity contribution is -0.107. The Morgan fingerprint density at radius 3 is 2.29 bits per heavy atom. The van der Waals surface area contributed by atoms with Crippen molar-refractivity contribution in [2.24, 2.45) is 0 Å². The van der Waals surface area contributed by atoms with E-state index >= 15 is 0 Å². The second kappa shape index (κ2) is 4.57. The van der Waals surface area contributed by atoms with Gasteiger partial charge in [-0.2, -0.15) is 0 Å². The van der Waals surface area contributed by atoms with Crippen molar-refractivity contribution in [3.63, 3.8) is 0 Å². The lowest BCUT2D eigenvalue weighted by Crippen LogP contribution is -2.06. The van der Waals surface area contributed by atoms with Gasteiger partial charge in [0.25, 0.3) is 0 Å². The number of hydrogen-bond acceptors (Lipinski definition) is 3. The summed E-state index contributed by atoms with van der Waals surface area (Å²) in [6.07, 6.45) is 0.610. The quantitative estimate of drug-likeness (QED) is 0.743. The Labute approximate surface area is 87.6 Å². The maximum absolute atomic E-state index is 11.5. The number of rotatable bonds is 4. The Morgan fingerprint density at radius 2 is 1.79 bits per heavy atom. The highest BCUT2D eigenvalue weighted by atomic mass is 35.5.